The fraction of sp³-hybridized carbons (Fsp3) is 0.529. The molecule has 0 saturated carbocycles. The number of amides is 1. The second kappa shape index (κ2) is 6.39. The molecule has 4 nitrogen and oxygen atoms in total. The Morgan fingerprint density at radius 1 is 1.24 bits per heavy atom. The Bertz CT molecular complexity index is 514. The van der Waals surface area contributed by atoms with Gasteiger partial charge < -0.3 is 10.6 Å². The zero-order chi connectivity index (χ0) is 15.5. The van der Waals surface area contributed by atoms with E-state index in [0.29, 0.717) is 11.5 Å². The average molecular weight is 288 g/mol. The van der Waals surface area contributed by atoms with Crippen LogP contribution < -0.4 is 10.6 Å². The van der Waals surface area contributed by atoms with Crippen LogP contribution in [0.1, 0.15) is 44.0 Å². The number of hydrogen-bond donors (Lipinski definition) is 2. The van der Waals surface area contributed by atoms with Gasteiger partial charge >= 0.3 is 0 Å². The first-order valence-electron chi connectivity index (χ1n) is 7.54. The molecule has 1 fully saturated rings. The van der Waals surface area contributed by atoms with Crippen molar-refractivity contribution < 1.29 is 9.59 Å². The lowest BCUT2D eigenvalue weighted by Crippen LogP contribution is -2.44. The highest BCUT2D eigenvalue weighted by molar-refractivity contribution is 5.97. The molecule has 1 aliphatic heterocycles. The van der Waals surface area contributed by atoms with Crippen molar-refractivity contribution in [3.8, 4) is 0 Å². The van der Waals surface area contributed by atoms with Gasteiger partial charge in [0.1, 0.15) is 0 Å². The summed E-state index contributed by atoms with van der Waals surface area (Å²) in [5, 5.41) is 6.33. The molecule has 0 aromatic heterocycles. The summed E-state index contributed by atoms with van der Waals surface area (Å²) in [7, 11) is 0. The van der Waals surface area contributed by atoms with Gasteiger partial charge in [0.15, 0.2) is 5.78 Å². The minimum atomic E-state index is -0.410. The van der Waals surface area contributed by atoms with E-state index in [9.17, 15) is 9.59 Å². The Balaban J connectivity index is 2.03. The first-order chi connectivity index (χ1) is 9.91. The largest absolute Gasteiger partial charge is 0.326 e. The molecule has 1 saturated heterocycles. The van der Waals surface area contributed by atoms with Crippen molar-refractivity contribution in [1.29, 1.82) is 0 Å². The van der Waals surface area contributed by atoms with Crippen LogP contribution in [0.4, 0.5) is 5.69 Å². The van der Waals surface area contributed by atoms with Crippen LogP contribution in [0.2, 0.25) is 0 Å². The van der Waals surface area contributed by atoms with E-state index in [-0.39, 0.29) is 11.7 Å². The van der Waals surface area contributed by atoms with Gasteiger partial charge in [-0.15, -0.1) is 0 Å². The molecule has 1 heterocycles. The average Bonchev–Trinajstić information content (AvgIpc) is 2.48. The molecular weight excluding hydrogens is 264 g/mol. The number of nitrogens with one attached hydrogen (secondary N) is 2. The number of rotatable bonds is 4. The van der Waals surface area contributed by atoms with E-state index in [2.05, 4.69) is 10.6 Å². The van der Waals surface area contributed by atoms with E-state index in [1.807, 2.05) is 13.8 Å². The van der Waals surface area contributed by atoms with Crippen LogP contribution in [0, 0.1) is 11.3 Å². The number of carbonyl (C=O) groups is 2. The van der Waals surface area contributed by atoms with Gasteiger partial charge in [0.05, 0.1) is 0 Å². The van der Waals surface area contributed by atoms with Gasteiger partial charge in [-0.1, -0.05) is 13.8 Å². The van der Waals surface area contributed by atoms with E-state index >= 15 is 0 Å². The maximum Gasteiger partial charge on any atom is 0.230 e. The molecule has 1 aromatic carbocycles. The van der Waals surface area contributed by atoms with Crippen LogP contribution in [0.25, 0.3) is 0 Å². The van der Waals surface area contributed by atoms with Gasteiger partial charge in [0, 0.05) is 16.7 Å². The topological polar surface area (TPSA) is 58.2 Å². The van der Waals surface area contributed by atoms with Gasteiger partial charge in [0.2, 0.25) is 5.91 Å². The van der Waals surface area contributed by atoms with Gasteiger partial charge in [-0.2, -0.15) is 0 Å². The third-order valence-electron chi connectivity index (χ3n) is 4.45. The predicted octanol–water partition coefficient (Wildman–Crippen LogP) is 2.85. The summed E-state index contributed by atoms with van der Waals surface area (Å²) in [6.07, 6.45) is 2.20. The van der Waals surface area contributed by atoms with E-state index in [1.54, 1.807) is 24.3 Å². The lowest BCUT2D eigenvalue weighted by Gasteiger charge is -2.36. The second-order valence-electron chi connectivity index (χ2n) is 6.35. The summed E-state index contributed by atoms with van der Waals surface area (Å²) in [5.41, 5.74) is 0.984. The second-order valence-corrected chi connectivity index (χ2v) is 6.35. The Hall–Kier alpha value is -1.68. The van der Waals surface area contributed by atoms with Gasteiger partial charge in [0.25, 0.3) is 0 Å². The van der Waals surface area contributed by atoms with Crippen LogP contribution in [0.5, 0.6) is 0 Å². The standard InChI is InChI=1S/C17H24N2O2/c1-12(20)13-6-8-15(9-7-13)19-16(21)17(2,3)14-5-4-10-18-11-14/h6-9,14,18H,4-5,10-11H2,1-3H3,(H,19,21). The molecule has 1 aliphatic rings. The highest BCUT2D eigenvalue weighted by Crippen LogP contribution is 2.33. The number of benzene rings is 1. The Labute approximate surface area is 126 Å². The molecule has 0 aliphatic carbocycles. The number of anilines is 1. The molecule has 1 amide bonds. The molecule has 1 aromatic rings. The molecular formula is C17H24N2O2. The van der Waals surface area contributed by atoms with Crippen molar-refractivity contribution >= 4 is 17.4 Å². The number of Topliss-reactive ketones (excluding diaryl/α,β-unsaturated/α-hetero) is 1. The summed E-state index contributed by atoms with van der Waals surface area (Å²) >= 11 is 0. The third kappa shape index (κ3) is 3.70. The van der Waals surface area contributed by atoms with Gasteiger partial charge in [-0.05, 0) is 63.0 Å². The summed E-state index contributed by atoms with van der Waals surface area (Å²) in [4.78, 5) is 23.8. The first-order valence-corrected chi connectivity index (χ1v) is 7.54. The van der Waals surface area contributed by atoms with Crippen LogP contribution in [0.15, 0.2) is 24.3 Å². The third-order valence-corrected chi connectivity index (χ3v) is 4.45. The fourth-order valence-electron chi connectivity index (χ4n) is 2.73. The summed E-state index contributed by atoms with van der Waals surface area (Å²) in [6.45, 7) is 7.48. The minimum Gasteiger partial charge on any atom is -0.326 e. The van der Waals surface area contributed by atoms with Crippen molar-refractivity contribution in [2.75, 3.05) is 18.4 Å². The quantitative estimate of drug-likeness (QED) is 0.838. The molecule has 1 atom stereocenters. The molecule has 21 heavy (non-hydrogen) atoms. The summed E-state index contributed by atoms with van der Waals surface area (Å²) in [6, 6.07) is 7.05. The zero-order valence-electron chi connectivity index (χ0n) is 13.0. The van der Waals surface area contributed by atoms with Crippen LogP contribution in [-0.2, 0) is 4.79 Å². The first kappa shape index (κ1) is 15.7. The highest BCUT2D eigenvalue weighted by atomic mass is 16.2. The lowest BCUT2D eigenvalue weighted by atomic mass is 9.74. The highest BCUT2D eigenvalue weighted by Gasteiger charge is 2.37. The molecule has 2 rings (SSSR count). The molecule has 114 valence electrons. The number of hydrogen-bond acceptors (Lipinski definition) is 3. The molecule has 0 bridgehead atoms. The van der Waals surface area contributed by atoms with Crippen LogP contribution >= 0.6 is 0 Å². The summed E-state index contributed by atoms with van der Waals surface area (Å²) in [5.74, 6) is 0.413. The molecule has 1 unspecified atom stereocenters. The maximum absolute atomic E-state index is 12.5. The summed E-state index contributed by atoms with van der Waals surface area (Å²) < 4.78 is 0. The van der Waals surface area contributed by atoms with Gasteiger partial charge in [-0.3, -0.25) is 9.59 Å². The minimum absolute atomic E-state index is 0.0292. The normalized spacial score (nSPS) is 19.1. The number of piperidine rings is 1. The van der Waals surface area contributed by atoms with E-state index < -0.39 is 5.41 Å². The van der Waals surface area contributed by atoms with Crippen molar-refractivity contribution in [3.05, 3.63) is 29.8 Å². The maximum atomic E-state index is 12.5. The lowest BCUT2D eigenvalue weighted by molar-refractivity contribution is -0.127. The van der Waals surface area contributed by atoms with Gasteiger partial charge in [-0.25, -0.2) is 0 Å². The smallest absolute Gasteiger partial charge is 0.230 e. The molecule has 0 radical (unpaired) electrons. The van der Waals surface area contributed by atoms with Crippen LogP contribution in [-0.4, -0.2) is 24.8 Å². The fourth-order valence-corrected chi connectivity index (χ4v) is 2.73. The monoisotopic (exact) mass is 288 g/mol. The molecule has 0 spiro atoms. The number of carbonyl (C=O) groups excluding carboxylic acids is 2. The van der Waals surface area contributed by atoms with Crippen molar-refractivity contribution in [1.82, 2.24) is 5.32 Å². The Kier molecular flexibility index (Phi) is 4.78. The van der Waals surface area contributed by atoms with E-state index in [0.717, 1.165) is 31.6 Å². The SMILES string of the molecule is CC(=O)c1ccc(NC(=O)C(C)(C)C2CCCNC2)cc1. The molecule has 4 heteroatoms. The Morgan fingerprint density at radius 2 is 1.90 bits per heavy atom. The van der Waals surface area contributed by atoms with Crippen molar-refractivity contribution in [2.24, 2.45) is 11.3 Å². The van der Waals surface area contributed by atoms with E-state index in [1.165, 1.54) is 6.92 Å². The molecule has 2 N–H and O–H groups in total. The predicted molar refractivity (Wildman–Crippen MR) is 84.5 cm³/mol. The Morgan fingerprint density at radius 3 is 2.43 bits per heavy atom. The van der Waals surface area contributed by atoms with E-state index in [4.69, 9.17) is 0 Å². The zero-order valence-corrected chi connectivity index (χ0v) is 13.0. The van der Waals surface area contributed by atoms with Crippen molar-refractivity contribution in [3.63, 3.8) is 0 Å². The van der Waals surface area contributed by atoms with Crippen LogP contribution in [0.3, 0.4) is 0 Å². The van der Waals surface area contributed by atoms with Crippen molar-refractivity contribution in [2.45, 2.75) is 33.6 Å². The number of ketones is 1.